The zero-order chi connectivity index (χ0) is 19.8. The topological polar surface area (TPSA) is 61.6 Å². The molecule has 0 aliphatic heterocycles. The van der Waals surface area contributed by atoms with Crippen LogP contribution in [0.3, 0.4) is 0 Å². The molecule has 0 aliphatic rings. The molecule has 29 heavy (non-hydrogen) atoms. The number of rotatable bonds is 8. The number of aliphatic hydroxyl groups excluding tert-OH is 1. The third-order valence-electron chi connectivity index (χ3n) is 4.59. The number of hydrogen-bond acceptors (Lipinski definition) is 2. The Bertz CT molecular complexity index is 941. The van der Waals surface area contributed by atoms with Crippen LogP contribution in [0, 0.1) is 5.82 Å². The Kier molecular flexibility index (Phi) is 9.40. The highest BCUT2D eigenvalue weighted by Gasteiger charge is 2.04. The van der Waals surface area contributed by atoms with E-state index in [0.29, 0.717) is 12.1 Å². The number of aryl methyl sites for hydroxylation is 1. The molecule has 0 radical (unpaired) electrons. The summed E-state index contributed by atoms with van der Waals surface area (Å²) in [7, 11) is 0. The highest BCUT2D eigenvalue weighted by Crippen LogP contribution is 2.15. The lowest BCUT2D eigenvalue weighted by molar-refractivity contribution is 0.275. The molecule has 156 valence electrons. The van der Waals surface area contributed by atoms with E-state index in [9.17, 15) is 9.50 Å². The first-order valence-corrected chi connectivity index (χ1v) is 9.65. The Balaban J connectivity index is 0.00000300. The average Bonchev–Trinajstić information content (AvgIpc) is 3.13. The van der Waals surface area contributed by atoms with Gasteiger partial charge < -0.3 is 20.3 Å². The fourth-order valence-corrected chi connectivity index (χ4v) is 3.15. The maximum atomic E-state index is 13.5. The van der Waals surface area contributed by atoms with Gasteiger partial charge in [-0.3, -0.25) is 0 Å². The third kappa shape index (κ3) is 6.43. The second-order valence-corrected chi connectivity index (χ2v) is 6.63. The molecule has 1 aromatic heterocycles. The molecular formula is C22H28FIN4O. The van der Waals surface area contributed by atoms with Gasteiger partial charge in [0, 0.05) is 36.9 Å². The van der Waals surface area contributed by atoms with Crippen LogP contribution in [0.15, 0.2) is 59.7 Å². The van der Waals surface area contributed by atoms with Crippen molar-refractivity contribution in [3.05, 3.63) is 71.7 Å². The van der Waals surface area contributed by atoms with Crippen LogP contribution in [0.2, 0.25) is 0 Å². The average molecular weight is 510 g/mol. The van der Waals surface area contributed by atoms with Gasteiger partial charge in [0.05, 0.1) is 13.2 Å². The summed E-state index contributed by atoms with van der Waals surface area (Å²) in [6.45, 7) is 4.62. The van der Waals surface area contributed by atoms with E-state index in [2.05, 4.69) is 56.7 Å². The fraction of sp³-hybridized carbons (Fsp3) is 0.318. The van der Waals surface area contributed by atoms with E-state index < -0.39 is 5.82 Å². The van der Waals surface area contributed by atoms with Crippen molar-refractivity contribution >= 4 is 40.8 Å². The predicted octanol–water partition coefficient (Wildman–Crippen LogP) is 4.04. The zero-order valence-electron chi connectivity index (χ0n) is 16.6. The van der Waals surface area contributed by atoms with E-state index in [0.717, 1.165) is 37.6 Å². The summed E-state index contributed by atoms with van der Waals surface area (Å²) in [4.78, 5) is 4.56. The SMILES string of the molecule is CCNC(=NCc1ccc(F)c(CO)c1)NCCCn1ccc2ccccc21.I. The van der Waals surface area contributed by atoms with E-state index in [1.807, 2.05) is 6.92 Å². The number of aliphatic hydroxyl groups is 1. The standard InChI is InChI=1S/C22H27FN4O.HI/c1-2-24-22(26-15-17-8-9-20(23)19(14-17)16-28)25-11-5-12-27-13-10-18-6-3-4-7-21(18)27;/h3-4,6-10,13-14,28H,2,5,11-12,15-16H2,1H3,(H2,24,25,26);1H. The van der Waals surface area contributed by atoms with Crippen molar-refractivity contribution in [3.8, 4) is 0 Å². The first-order valence-electron chi connectivity index (χ1n) is 9.65. The van der Waals surface area contributed by atoms with E-state index in [1.165, 1.54) is 17.0 Å². The molecule has 0 saturated carbocycles. The normalized spacial score (nSPS) is 11.3. The molecule has 7 heteroatoms. The van der Waals surface area contributed by atoms with Gasteiger partial charge in [-0.25, -0.2) is 9.38 Å². The molecule has 1 heterocycles. The van der Waals surface area contributed by atoms with Crippen LogP contribution in [0.5, 0.6) is 0 Å². The monoisotopic (exact) mass is 510 g/mol. The van der Waals surface area contributed by atoms with Crippen LogP contribution in [0.4, 0.5) is 4.39 Å². The maximum Gasteiger partial charge on any atom is 0.191 e. The number of nitrogens with zero attached hydrogens (tertiary/aromatic N) is 2. The number of halogens is 2. The Morgan fingerprint density at radius 3 is 2.76 bits per heavy atom. The van der Waals surface area contributed by atoms with Crippen molar-refractivity contribution in [1.29, 1.82) is 0 Å². The van der Waals surface area contributed by atoms with E-state index in [1.54, 1.807) is 12.1 Å². The van der Waals surface area contributed by atoms with Crippen LogP contribution in [0.25, 0.3) is 10.9 Å². The Morgan fingerprint density at radius 1 is 1.14 bits per heavy atom. The van der Waals surface area contributed by atoms with E-state index in [4.69, 9.17) is 0 Å². The lowest BCUT2D eigenvalue weighted by Gasteiger charge is -2.12. The number of aliphatic imine (C=N–C) groups is 1. The van der Waals surface area contributed by atoms with Gasteiger partial charge in [0.2, 0.25) is 0 Å². The molecule has 2 aromatic carbocycles. The number of guanidine groups is 1. The van der Waals surface area contributed by atoms with Crippen molar-refractivity contribution in [1.82, 2.24) is 15.2 Å². The van der Waals surface area contributed by atoms with Crippen molar-refractivity contribution in [2.75, 3.05) is 13.1 Å². The number of fused-ring (bicyclic) bond motifs is 1. The largest absolute Gasteiger partial charge is 0.392 e. The van der Waals surface area contributed by atoms with Gasteiger partial charge in [-0.15, -0.1) is 24.0 Å². The summed E-state index contributed by atoms with van der Waals surface area (Å²) in [5, 5.41) is 17.0. The number of benzene rings is 2. The zero-order valence-corrected chi connectivity index (χ0v) is 18.9. The fourth-order valence-electron chi connectivity index (χ4n) is 3.15. The number of hydrogen-bond donors (Lipinski definition) is 3. The lowest BCUT2D eigenvalue weighted by atomic mass is 10.1. The minimum atomic E-state index is -0.391. The summed E-state index contributed by atoms with van der Waals surface area (Å²) >= 11 is 0. The summed E-state index contributed by atoms with van der Waals surface area (Å²) in [5.74, 6) is 0.340. The summed E-state index contributed by atoms with van der Waals surface area (Å²) < 4.78 is 15.7. The van der Waals surface area contributed by atoms with Crippen LogP contribution >= 0.6 is 24.0 Å². The van der Waals surface area contributed by atoms with Gasteiger partial charge >= 0.3 is 0 Å². The van der Waals surface area contributed by atoms with Crippen LogP contribution in [0.1, 0.15) is 24.5 Å². The highest BCUT2D eigenvalue weighted by molar-refractivity contribution is 14.0. The molecule has 0 spiro atoms. The van der Waals surface area contributed by atoms with Crippen molar-refractivity contribution < 1.29 is 9.50 Å². The van der Waals surface area contributed by atoms with Gasteiger partial charge in [-0.2, -0.15) is 0 Å². The molecule has 0 amide bonds. The Labute approximate surface area is 188 Å². The molecule has 0 unspecified atom stereocenters. The molecular weight excluding hydrogens is 482 g/mol. The molecule has 3 N–H and O–H groups in total. The minimum Gasteiger partial charge on any atom is -0.392 e. The van der Waals surface area contributed by atoms with Gasteiger partial charge in [-0.1, -0.05) is 24.3 Å². The van der Waals surface area contributed by atoms with Crippen molar-refractivity contribution in [2.24, 2.45) is 4.99 Å². The molecule has 0 atom stereocenters. The molecule has 0 saturated heterocycles. The Morgan fingerprint density at radius 2 is 1.97 bits per heavy atom. The summed E-state index contributed by atoms with van der Waals surface area (Å²) in [5.41, 5.74) is 2.41. The third-order valence-corrected chi connectivity index (χ3v) is 4.59. The van der Waals surface area contributed by atoms with Gasteiger partial charge in [0.1, 0.15) is 5.82 Å². The van der Waals surface area contributed by atoms with Crippen LogP contribution < -0.4 is 10.6 Å². The quantitative estimate of drug-likeness (QED) is 0.186. The maximum absolute atomic E-state index is 13.5. The number of nitrogens with one attached hydrogen (secondary N) is 2. The molecule has 3 rings (SSSR count). The highest BCUT2D eigenvalue weighted by atomic mass is 127. The molecule has 5 nitrogen and oxygen atoms in total. The molecule has 0 aliphatic carbocycles. The number of para-hydroxylation sites is 1. The summed E-state index contributed by atoms with van der Waals surface area (Å²) in [6, 6.07) is 15.2. The van der Waals surface area contributed by atoms with Crippen LogP contribution in [-0.4, -0.2) is 28.7 Å². The van der Waals surface area contributed by atoms with Gasteiger partial charge in [0.15, 0.2) is 5.96 Å². The van der Waals surface area contributed by atoms with E-state index in [-0.39, 0.29) is 30.6 Å². The second-order valence-electron chi connectivity index (χ2n) is 6.63. The lowest BCUT2D eigenvalue weighted by Crippen LogP contribution is -2.38. The van der Waals surface area contributed by atoms with E-state index >= 15 is 0 Å². The minimum absolute atomic E-state index is 0. The second kappa shape index (κ2) is 11.8. The smallest absolute Gasteiger partial charge is 0.191 e. The first-order chi connectivity index (χ1) is 13.7. The molecule has 3 aromatic rings. The number of aromatic nitrogens is 1. The molecule has 0 bridgehead atoms. The Hall–Kier alpha value is -2.13. The summed E-state index contributed by atoms with van der Waals surface area (Å²) in [6.07, 6.45) is 3.09. The molecule has 0 fully saturated rings. The predicted molar refractivity (Wildman–Crippen MR) is 127 cm³/mol. The van der Waals surface area contributed by atoms with Gasteiger partial charge in [0.25, 0.3) is 0 Å². The van der Waals surface area contributed by atoms with Crippen LogP contribution in [-0.2, 0) is 19.7 Å². The van der Waals surface area contributed by atoms with Crippen molar-refractivity contribution in [2.45, 2.75) is 33.0 Å². The first kappa shape index (κ1) is 23.2. The van der Waals surface area contributed by atoms with Gasteiger partial charge in [-0.05, 0) is 48.6 Å². The van der Waals surface area contributed by atoms with Crippen molar-refractivity contribution in [3.63, 3.8) is 0 Å².